The lowest BCUT2D eigenvalue weighted by molar-refractivity contribution is 0.771. The highest BCUT2D eigenvalue weighted by Crippen LogP contribution is 2.24. The summed E-state index contributed by atoms with van der Waals surface area (Å²) in [6.07, 6.45) is 4.79. The molecule has 2 aromatic rings. The predicted molar refractivity (Wildman–Crippen MR) is 74.7 cm³/mol. The maximum absolute atomic E-state index is 4.32. The van der Waals surface area contributed by atoms with Gasteiger partial charge >= 0.3 is 0 Å². The molecular weight excluding hydrogens is 278 g/mol. The minimum Gasteiger partial charge on any atom is -0.325 e. The number of hydrogen-bond donors (Lipinski definition) is 1. The van der Waals surface area contributed by atoms with Crippen molar-refractivity contribution in [2.24, 2.45) is 0 Å². The molecule has 0 bridgehead atoms. The van der Waals surface area contributed by atoms with Gasteiger partial charge in [0.25, 0.3) is 0 Å². The summed E-state index contributed by atoms with van der Waals surface area (Å²) in [5, 5.41) is 3.38. The number of benzene rings is 1. The highest BCUT2D eigenvalue weighted by Gasteiger charge is 2.05. The zero-order chi connectivity index (χ0) is 12.3. The van der Waals surface area contributed by atoms with Crippen LogP contribution in [0.2, 0.25) is 0 Å². The van der Waals surface area contributed by atoms with Gasteiger partial charge in [-0.05, 0) is 37.1 Å². The van der Waals surface area contributed by atoms with E-state index in [2.05, 4.69) is 56.8 Å². The Morgan fingerprint density at radius 3 is 2.88 bits per heavy atom. The van der Waals surface area contributed by atoms with Crippen LogP contribution in [0.3, 0.4) is 0 Å². The van der Waals surface area contributed by atoms with Gasteiger partial charge in [-0.15, -0.1) is 0 Å². The number of aromatic nitrogens is 2. The van der Waals surface area contributed by atoms with Crippen LogP contribution >= 0.6 is 15.9 Å². The molecule has 90 valence electrons. The first-order chi connectivity index (χ1) is 8.24. The lowest BCUT2D eigenvalue weighted by atomic mass is 10.1. The van der Waals surface area contributed by atoms with E-state index in [-0.39, 0.29) is 0 Å². The van der Waals surface area contributed by atoms with Crippen molar-refractivity contribution >= 4 is 27.6 Å². The zero-order valence-electron chi connectivity index (χ0n) is 10.1. The van der Waals surface area contributed by atoms with Crippen molar-refractivity contribution in [3.63, 3.8) is 0 Å². The number of imidazole rings is 1. The SMILES string of the molecule is CCc1cc(Br)ccc1Nc1nccn1CC. The van der Waals surface area contributed by atoms with Crippen LogP contribution in [-0.4, -0.2) is 9.55 Å². The van der Waals surface area contributed by atoms with Gasteiger partial charge in [0.1, 0.15) is 0 Å². The maximum Gasteiger partial charge on any atom is 0.207 e. The average Bonchev–Trinajstić information content (AvgIpc) is 2.78. The molecule has 2 rings (SSSR count). The van der Waals surface area contributed by atoms with Gasteiger partial charge in [-0.2, -0.15) is 0 Å². The van der Waals surface area contributed by atoms with Crippen molar-refractivity contribution < 1.29 is 0 Å². The summed E-state index contributed by atoms with van der Waals surface area (Å²) in [6, 6.07) is 6.26. The Kier molecular flexibility index (Phi) is 3.84. The molecule has 0 aliphatic heterocycles. The highest BCUT2D eigenvalue weighted by molar-refractivity contribution is 9.10. The van der Waals surface area contributed by atoms with Crippen LogP contribution in [0.15, 0.2) is 35.1 Å². The first-order valence-electron chi connectivity index (χ1n) is 5.81. The number of rotatable bonds is 4. The fourth-order valence-corrected chi connectivity index (χ4v) is 2.19. The zero-order valence-corrected chi connectivity index (χ0v) is 11.7. The minimum atomic E-state index is 0.893. The third-order valence-electron chi connectivity index (χ3n) is 2.75. The Morgan fingerprint density at radius 2 is 2.18 bits per heavy atom. The highest BCUT2D eigenvalue weighted by atomic mass is 79.9. The standard InChI is InChI=1S/C13H16BrN3/c1-3-10-9-11(14)5-6-12(10)16-13-15-7-8-17(13)4-2/h5-9H,3-4H2,1-2H3,(H,15,16). The second-order valence-corrected chi connectivity index (χ2v) is 4.73. The largest absolute Gasteiger partial charge is 0.325 e. The molecule has 0 radical (unpaired) electrons. The Labute approximate surface area is 110 Å². The number of halogens is 1. The second-order valence-electron chi connectivity index (χ2n) is 3.82. The molecule has 3 nitrogen and oxygen atoms in total. The van der Waals surface area contributed by atoms with Gasteiger partial charge in [-0.1, -0.05) is 22.9 Å². The molecule has 0 aliphatic rings. The van der Waals surface area contributed by atoms with E-state index in [9.17, 15) is 0 Å². The number of aryl methyl sites for hydroxylation is 2. The second kappa shape index (κ2) is 5.36. The van der Waals surface area contributed by atoms with E-state index >= 15 is 0 Å². The third kappa shape index (κ3) is 2.69. The number of anilines is 2. The Hall–Kier alpha value is -1.29. The van der Waals surface area contributed by atoms with E-state index in [1.54, 1.807) is 0 Å². The number of hydrogen-bond acceptors (Lipinski definition) is 2. The van der Waals surface area contributed by atoms with E-state index in [4.69, 9.17) is 0 Å². The van der Waals surface area contributed by atoms with Crippen molar-refractivity contribution in [1.82, 2.24) is 9.55 Å². The monoisotopic (exact) mass is 293 g/mol. The molecule has 0 saturated heterocycles. The fraction of sp³-hybridized carbons (Fsp3) is 0.308. The molecule has 0 saturated carbocycles. The first-order valence-corrected chi connectivity index (χ1v) is 6.60. The summed E-state index contributed by atoms with van der Waals surface area (Å²) in [5.41, 5.74) is 2.40. The van der Waals surface area contributed by atoms with E-state index in [0.717, 1.165) is 29.1 Å². The molecule has 0 fully saturated rings. The van der Waals surface area contributed by atoms with Crippen molar-refractivity contribution in [3.05, 3.63) is 40.6 Å². The van der Waals surface area contributed by atoms with Crippen LogP contribution < -0.4 is 5.32 Å². The lowest BCUT2D eigenvalue weighted by Gasteiger charge is -2.12. The fourth-order valence-electron chi connectivity index (χ4n) is 1.79. The first kappa shape index (κ1) is 12.2. The third-order valence-corrected chi connectivity index (χ3v) is 3.24. The van der Waals surface area contributed by atoms with E-state index < -0.39 is 0 Å². The molecule has 17 heavy (non-hydrogen) atoms. The van der Waals surface area contributed by atoms with Gasteiger partial charge in [0.2, 0.25) is 5.95 Å². The summed E-state index contributed by atoms with van der Waals surface area (Å²) >= 11 is 3.49. The molecule has 1 N–H and O–H groups in total. The lowest BCUT2D eigenvalue weighted by Crippen LogP contribution is -2.03. The number of nitrogens with one attached hydrogen (secondary N) is 1. The van der Waals surface area contributed by atoms with Crippen LogP contribution in [0, 0.1) is 0 Å². The smallest absolute Gasteiger partial charge is 0.207 e. The summed E-state index contributed by atoms with van der Waals surface area (Å²) in [7, 11) is 0. The Bertz CT molecular complexity index is 505. The van der Waals surface area contributed by atoms with Crippen LogP contribution in [0.4, 0.5) is 11.6 Å². The van der Waals surface area contributed by atoms with E-state index in [0.29, 0.717) is 0 Å². The van der Waals surface area contributed by atoms with Crippen molar-refractivity contribution in [2.45, 2.75) is 26.8 Å². The van der Waals surface area contributed by atoms with Gasteiger partial charge < -0.3 is 9.88 Å². The number of nitrogens with zero attached hydrogens (tertiary/aromatic N) is 2. The molecular formula is C13H16BrN3. The topological polar surface area (TPSA) is 29.9 Å². The minimum absolute atomic E-state index is 0.893. The van der Waals surface area contributed by atoms with Crippen LogP contribution in [0.25, 0.3) is 0 Å². The normalized spacial score (nSPS) is 10.5. The molecule has 0 aliphatic carbocycles. The van der Waals surface area contributed by atoms with Crippen molar-refractivity contribution in [2.75, 3.05) is 5.32 Å². The molecule has 1 aromatic heterocycles. The summed E-state index contributed by atoms with van der Waals surface area (Å²) in [5.74, 6) is 0.893. The molecule has 0 unspecified atom stereocenters. The van der Waals surface area contributed by atoms with Gasteiger partial charge in [0.15, 0.2) is 0 Å². The van der Waals surface area contributed by atoms with E-state index in [1.165, 1.54) is 5.56 Å². The van der Waals surface area contributed by atoms with Crippen molar-refractivity contribution in [3.8, 4) is 0 Å². The van der Waals surface area contributed by atoms with Crippen LogP contribution in [-0.2, 0) is 13.0 Å². The van der Waals surface area contributed by atoms with Crippen LogP contribution in [0.5, 0.6) is 0 Å². The van der Waals surface area contributed by atoms with Gasteiger partial charge in [-0.3, -0.25) is 0 Å². The molecule has 1 aromatic carbocycles. The van der Waals surface area contributed by atoms with Crippen LogP contribution in [0.1, 0.15) is 19.4 Å². The molecule has 0 atom stereocenters. The van der Waals surface area contributed by atoms with E-state index in [1.807, 2.05) is 18.5 Å². The Morgan fingerprint density at radius 1 is 1.35 bits per heavy atom. The maximum atomic E-state index is 4.32. The predicted octanol–water partition coefficient (Wildman–Crippen LogP) is 3.97. The quantitative estimate of drug-likeness (QED) is 0.924. The molecule has 0 spiro atoms. The Balaban J connectivity index is 2.29. The van der Waals surface area contributed by atoms with Gasteiger partial charge in [-0.25, -0.2) is 4.98 Å². The summed E-state index contributed by atoms with van der Waals surface area (Å²) < 4.78 is 3.19. The summed E-state index contributed by atoms with van der Waals surface area (Å²) in [4.78, 5) is 4.32. The summed E-state index contributed by atoms with van der Waals surface area (Å²) in [6.45, 7) is 5.18. The average molecular weight is 294 g/mol. The van der Waals surface area contributed by atoms with Crippen molar-refractivity contribution in [1.29, 1.82) is 0 Å². The molecule has 1 heterocycles. The molecule has 0 amide bonds. The van der Waals surface area contributed by atoms with Gasteiger partial charge in [0, 0.05) is 29.1 Å². The molecule has 4 heteroatoms. The van der Waals surface area contributed by atoms with Gasteiger partial charge in [0.05, 0.1) is 0 Å².